The van der Waals surface area contributed by atoms with Crippen LogP contribution in [0.5, 0.6) is 0 Å². The molecule has 1 aliphatic heterocycles. The molecule has 0 radical (unpaired) electrons. The Morgan fingerprint density at radius 1 is 1.21 bits per heavy atom. The largest absolute Gasteiger partial charge is 0.378 e. The number of carbonyl (C=O) groups excluding carboxylic acids is 1. The first-order valence-electron chi connectivity index (χ1n) is 9.30. The second-order valence-corrected chi connectivity index (χ2v) is 6.79. The van der Waals surface area contributed by atoms with Crippen molar-refractivity contribution in [1.29, 1.82) is 0 Å². The predicted octanol–water partition coefficient (Wildman–Crippen LogP) is 3.00. The smallest absolute Gasteiger partial charge is 0.230 e. The molecule has 0 bridgehead atoms. The molecule has 1 fully saturated rings. The van der Waals surface area contributed by atoms with E-state index >= 15 is 0 Å². The minimum atomic E-state index is -0.374. The molecular weight excluding hydrogens is 300 g/mol. The van der Waals surface area contributed by atoms with Gasteiger partial charge in [-0.2, -0.15) is 0 Å². The molecule has 24 heavy (non-hydrogen) atoms. The fourth-order valence-electron chi connectivity index (χ4n) is 3.48. The van der Waals surface area contributed by atoms with Gasteiger partial charge < -0.3 is 15.4 Å². The summed E-state index contributed by atoms with van der Waals surface area (Å²) in [6.07, 6.45) is 4.69. The molecule has 2 rings (SSSR count). The first-order valence-corrected chi connectivity index (χ1v) is 9.30. The Hall–Kier alpha value is -1.39. The van der Waals surface area contributed by atoms with E-state index in [1.807, 2.05) is 11.0 Å². The average Bonchev–Trinajstić information content (AvgIpc) is 2.65. The number of likely N-dealkylation sites (tertiary alicyclic amines) is 1. The Balaban J connectivity index is 1.76. The average molecular weight is 332 g/mol. The fourth-order valence-corrected chi connectivity index (χ4v) is 3.48. The molecule has 1 aromatic rings. The van der Waals surface area contributed by atoms with Gasteiger partial charge in [0.1, 0.15) is 0 Å². The molecule has 1 amide bonds. The molecule has 0 atom stereocenters. The lowest BCUT2D eigenvalue weighted by molar-refractivity contribution is -0.144. The third-order valence-corrected chi connectivity index (χ3v) is 5.51. The quantitative estimate of drug-likeness (QED) is 0.796. The molecule has 0 spiro atoms. The minimum absolute atomic E-state index is 0.234. The number of benzene rings is 1. The van der Waals surface area contributed by atoms with E-state index in [9.17, 15) is 4.79 Å². The Bertz CT molecular complexity index is 483. The van der Waals surface area contributed by atoms with Crippen molar-refractivity contribution in [3.63, 3.8) is 0 Å². The van der Waals surface area contributed by atoms with Crippen LogP contribution >= 0.6 is 0 Å². The zero-order chi connectivity index (χ0) is 17.4. The van der Waals surface area contributed by atoms with Crippen molar-refractivity contribution >= 4 is 5.91 Å². The molecule has 1 heterocycles. The number of hydrogen-bond acceptors (Lipinski definition) is 3. The predicted molar refractivity (Wildman–Crippen MR) is 97.8 cm³/mol. The molecule has 0 aromatic heterocycles. The van der Waals surface area contributed by atoms with Crippen molar-refractivity contribution in [3.8, 4) is 0 Å². The van der Waals surface area contributed by atoms with Gasteiger partial charge >= 0.3 is 0 Å². The zero-order valence-electron chi connectivity index (χ0n) is 15.2. The van der Waals surface area contributed by atoms with Crippen LogP contribution in [0, 0.1) is 5.41 Å². The number of amides is 1. The number of rotatable bonds is 8. The first kappa shape index (κ1) is 18.9. The lowest BCUT2D eigenvalue weighted by atomic mass is 9.80. The van der Waals surface area contributed by atoms with Crippen LogP contribution in [0.1, 0.15) is 45.1 Å². The van der Waals surface area contributed by atoms with Gasteiger partial charge in [-0.25, -0.2) is 0 Å². The van der Waals surface area contributed by atoms with Gasteiger partial charge in [-0.05, 0) is 37.7 Å². The summed E-state index contributed by atoms with van der Waals surface area (Å²) in [6.45, 7) is 6.89. The third kappa shape index (κ3) is 4.58. The minimum Gasteiger partial charge on any atom is -0.378 e. The Morgan fingerprint density at radius 3 is 2.38 bits per heavy atom. The number of nitrogens with two attached hydrogens (primary N) is 1. The fraction of sp³-hybridized carbons (Fsp3) is 0.650. The van der Waals surface area contributed by atoms with Crippen molar-refractivity contribution in [2.75, 3.05) is 26.2 Å². The van der Waals surface area contributed by atoms with Crippen molar-refractivity contribution < 1.29 is 9.53 Å². The summed E-state index contributed by atoms with van der Waals surface area (Å²) in [6, 6.07) is 10.4. The van der Waals surface area contributed by atoms with E-state index in [2.05, 4.69) is 38.1 Å². The first-order chi connectivity index (χ1) is 11.6. The van der Waals surface area contributed by atoms with Crippen molar-refractivity contribution in [3.05, 3.63) is 35.9 Å². The highest BCUT2D eigenvalue weighted by Crippen LogP contribution is 2.29. The summed E-state index contributed by atoms with van der Waals surface area (Å²) >= 11 is 0. The van der Waals surface area contributed by atoms with Crippen LogP contribution in [0.3, 0.4) is 0 Å². The van der Waals surface area contributed by atoms with Crippen LogP contribution in [0.4, 0.5) is 0 Å². The molecular formula is C20H32N2O2. The van der Waals surface area contributed by atoms with Crippen LogP contribution in [0.15, 0.2) is 30.3 Å². The molecule has 1 saturated heterocycles. The van der Waals surface area contributed by atoms with E-state index in [0.717, 1.165) is 51.8 Å². The van der Waals surface area contributed by atoms with E-state index in [0.29, 0.717) is 6.54 Å². The maximum absolute atomic E-state index is 12.8. The standard InChI is InChI=1S/C20H32N2O2/c1-3-20(4-2,16-21)19(23)22-13-10-18(11-14-22)24-15-12-17-8-6-5-7-9-17/h5-9,18H,3-4,10-16,21H2,1-2H3. The number of carbonyl (C=O) groups is 1. The topological polar surface area (TPSA) is 55.6 Å². The number of nitrogens with zero attached hydrogens (tertiary/aromatic N) is 1. The summed E-state index contributed by atoms with van der Waals surface area (Å²) in [5, 5.41) is 0. The molecule has 0 unspecified atom stereocenters. The lowest BCUT2D eigenvalue weighted by Crippen LogP contribution is -2.51. The maximum Gasteiger partial charge on any atom is 0.230 e. The zero-order valence-corrected chi connectivity index (χ0v) is 15.2. The molecule has 0 saturated carbocycles. The van der Waals surface area contributed by atoms with Crippen molar-refractivity contribution in [2.24, 2.45) is 11.1 Å². The van der Waals surface area contributed by atoms with Gasteiger partial charge in [-0.15, -0.1) is 0 Å². The second-order valence-electron chi connectivity index (χ2n) is 6.79. The van der Waals surface area contributed by atoms with Crippen molar-refractivity contribution in [2.45, 2.75) is 52.1 Å². The van der Waals surface area contributed by atoms with Crippen LogP contribution in [0.2, 0.25) is 0 Å². The van der Waals surface area contributed by atoms with E-state index in [1.54, 1.807) is 0 Å². The molecule has 0 aliphatic carbocycles. The van der Waals surface area contributed by atoms with Crippen LogP contribution < -0.4 is 5.73 Å². The van der Waals surface area contributed by atoms with Crippen LogP contribution in [-0.4, -0.2) is 43.2 Å². The number of ether oxygens (including phenoxy) is 1. The van der Waals surface area contributed by atoms with E-state index < -0.39 is 0 Å². The van der Waals surface area contributed by atoms with Gasteiger partial charge in [-0.1, -0.05) is 44.2 Å². The molecule has 1 aliphatic rings. The van der Waals surface area contributed by atoms with E-state index in [-0.39, 0.29) is 17.4 Å². The van der Waals surface area contributed by atoms with Gasteiger partial charge in [0.2, 0.25) is 5.91 Å². The maximum atomic E-state index is 12.8. The molecule has 4 heteroatoms. The highest BCUT2D eigenvalue weighted by molar-refractivity contribution is 5.83. The van der Waals surface area contributed by atoms with E-state index in [4.69, 9.17) is 10.5 Å². The lowest BCUT2D eigenvalue weighted by Gasteiger charge is -2.39. The Kier molecular flexibility index (Phi) is 7.25. The second kappa shape index (κ2) is 9.19. The molecule has 4 nitrogen and oxygen atoms in total. The van der Waals surface area contributed by atoms with Gasteiger partial charge in [0.15, 0.2) is 0 Å². The van der Waals surface area contributed by atoms with Crippen LogP contribution in [0.25, 0.3) is 0 Å². The van der Waals surface area contributed by atoms with Crippen molar-refractivity contribution in [1.82, 2.24) is 4.90 Å². The summed E-state index contributed by atoms with van der Waals surface area (Å²) in [4.78, 5) is 14.8. The monoisotopic (exact) mass is 332 g/mol. The Morgan fingerprint density at radius 2 is 1.83 bits per heavy atom. The molecule has 134 valence electrons. The van der Waals surface area contributed by atoms with Gasteiger partial charge in [0.05, 0.1) is 18.1 Å². The highest BCUT2D eigenvalue weighted by Gasteiger charge is 2.38. The number of piperidine rings is 1. The van der Waals surface area contributed by atoms with E-state index in [1.165, 1.54) is 5.56 Å². The third-order valence-electron chi connectivity index (χ3n) is 5.51. The highest BCUT2D eigenvalue weighted by atomic mass is 16.5. The Labute approximate surface area is 146 Å². The van der Waals surface area contributed by atoms with Gasteiger partial charge in [0.25, 0.3) is 0 Å². The summed E-state index contributed by atoms with van der Waals surface area (Å²) in [7, 11) is 0. The van der Waals surface area contributed by atoms with Gasteiger partial charge in [0, 0.05) is 19.6 Å². The van der Waals surface area contributed by atoms with Crippen LogP contribution in [-0.2, 0) is 16.0 Å². The summed E-state index contributed by atoms with van der Waals surface area (Å²) < 4.78 is 6.02. The normalized spacial score (nSPS) is 16.4. The number of hydrogen-bond donors (Lipinski definition) is 1. The SMILES string of the molecule is CCC(CC)(CN)C(=O)N1CCC(OCCc2ccccc2)CC1. The molecule has 2 N–H and O–H groups in total. The summed E-state index contributed by atoms with van der Waals surface area (Å²) in [5.74, 6) is 0.234. The summed E-state index contributed by atoms with van der Waals surface area (Å²) in [5.41, 5.74) is 6.85. The van der Waals surface area contributed by atoms with Gasteiger partial charge in [-0.3, -0.25) is 4.79 Å². The molecule has 1 aromatic carbocycles.